The number of benzene rings is 2. The molecule has 0 spiro atoms. The molecule has 2 heterocycles. The quantitative estimate of drug-likeness (QED) is 0.499. The van der Waals surface area contributed by atoms with Crippen LogP contribution in [-0.2, 0) is 7.05 Å². The molecule has 0 unspecified atom stereocenters. The van der Waals surface area contributed by atoms with Gasteiger partial charge in [0.2, 0.25) is 0 Å². The van der Waals surface area contributed by atoms with Crippen molar-refractivity contribution in [3.05, 3.63) is 78.2 Å². The van der Waals surface area contributed by atoms with Crippen molar-refractivity contribution in [1.29, 1.82) is 5.26 Å². The van der Waals surface area contributed by atoms with Gasteiger partial charge in [-0.15, -0.1) is 0 Å². The molecule has 0 fully saturated rings. The van der Waals surface area contributed by atoms with Crippen LogP contribution in [0.4, 0.5) is 0 Å². The zero-order valence-corrected chi connectivity index (χ0v) is 13.3. The van der Waals surface area contributed by atoms with Gasteiger partial charge in [0, 0.05) is 47.5 Å². The van der Waals surface area contributed by atoms with Crippen LogP contribution in [0, 0.1) is 11.3 Å². The fraction of sp³-hybridized carbons (Fsp3) is 0.0476. The van der Waals surface area contributed by atoms with E-state index < -0.39 is 0 Å². The van der Waals surface area contributed by atoms with Crippen LogP contribution in [0.2, 0.25) is 0 Å². The second kappa shape index (κ2) is 5.68. The lowest BCUT2D eigenvalue weighted by Crippen LogP contribution is -1.84. The highest BCUT2D eigenvalue weighted by atomic mass is 14.9. The van der Waals surface area contributed by atoms with E-state index in [1.54, 1.807) is 6.20 Å². The van der Waals surface area contributed by atoms with Crippen LogP contribution in [0.3, 0.4) is 0 Å². The van der Waals surface area contributed by atoms with Crippen LogP contribution in [0.1, 0.15) is 11.1 Å². The van der Waals surface area contributed by atoms with E-state index in [9.17, 15) is 5.26 Å². The van der Waals surface area contributed by atoms with Gasteiger partial charge in [0.1, 0.15) is 0 Å². The Balaban J connectivity index is 1.95. The summed E-state index contributed by atoms with van der Waals surface area (Å²) in [5.41, 5.74) is 3.77. The summed E-state index contributed by atoms with van der Waals surface area (Å²) in [6.07, 6.45) is 7.61. The summed E-state index contributed by atoms with van der Waals surface area (Å²) in [5.74, 6) is 0. The van der Waals surface area contributed by atoms with Crippen LogP contribution >= 0.6 is 0 Å². The van der Waals surface area contributed by atoms with Crippen molar-refractivity contribution in [2.24, 2.45) is 7.05 Å². The number of pyridine rings is 1. The second-order valence-electron chi connectivity index (χ2n) is 5.78. The van der Waals surface area contributed by atoms with Crippen LogP contribution in [0.25, 0.3) is 33.3 Å². The standard InChI is InChI=1S/C21H15N3/c1-24-14-20(19-7-2-3-8-21(19)24)17(12-22)11-15-5-4-6-16-13-23-10-9-18(15)16/h2-11,13-14H,1H3/b17-11+. The Morgan fingerprint density at radius 2 is 1.96 bits per heavy atom. The highest BCUT2D eigenvalue weighted by Crippen LogP contribution is 2.29. The molecule has 0 saturated heterocycles. The fourth-order valence-electron chi connectivity index (χ4n) is 3.16. The van der Waals surface area contributed by atoms with Gasteiger partial charge in [-0.3, -0.25) is 4.98 Å². The molecule has 0 aliphatic carbocycles. The van der Waals surface area contributed by atoms with Gasteiger partial charge in [0.05, 0.1) is 11.6 Å². The Kier molecular flexibility index (Phi) is 3.36. The average Bonchev–Trinajstić information content (AvgIpc) is 2.97. The Morgan fingerprint density at radius 1 is 1.08 bits per heavy atom. The number of allylic oxidation sites excluding steroid dienone is 1. The number of nitriles is 1. The highest BCUT2D eigenvalue weighted by Gasteiger charge is 2.11. The summed E-state index contributed by atoms with van der Waals surface area (Å²) in [7, 11) is 2.00. The van der Waals surface area contributed by atoms with Gasteiger partial charge in [-0.1, -0.05) is 36.4 Å². The summed E-state index contributed by atoms with van der Waals surface area (Å²) < 4.78 is 2.06. The zero-order valence-electron chi connectivity index (χ0n) is 13.3. The van der Waals surface area contributed by atoms with E-state index in [-0.39, 0.29) is 0 Å². The molecule has 0 atom stereocenters. The molecule has 0 saturated carbocycles. The van der Waals surface area contributed by atoms with Gasteiger partial charge in [0.25, 0.3) is 0 Å². The van der Waals surface area contributed by atoms with E-state index in [1.165, 1.54) is 0 Å². The number of aromatic nitrogens is 2. The van der Waals surface area contributed by atoms with Crippen LogP contribution in [-0.4, -0.2) is 9.55 Å². The van der Waals surface area contributed by atoms with Gasteiger partial charge in [0.15, 0.2) is 0 Å². The van der Waals surface area contributed by atoms with E-state index in [0.717, 1.165) is 32.8 Å². The molecular formula is C21H15N3. The lowest BCUT2D eigenvalue weighted by atomic mass is 10.00. The van der Waals surface area contributed by atoms with E-state index in [1.807, 2.05) is 61.9 Å². The van der Waals surface area contributed by atoms with Gasteiger partial charge < -0.3 is 4.57 Å². The molecule has 0 amide bonds. The summed E-state index contributed by atoms with van der Waals surface area (Å²) in [6, 6.07) is 18.6. The molecular weight excluding hydrogens is 294 g/mol. The average molecular weight is 309 g/mol. The predicted octanol–water partition coefficient (Wildman–Crippen LogP) is 4.79. The van der Waals surface area contributed by atoms with Gasteiger partial charge >= 0.3 is 0 Å². The monoisotopic (exact) mass is 309 g/mol. The third-order valence-corrected chi connectivity index (χ3v) is 4.32. The van der Waals surface area contributed by atoms with Crippen LogP contribution in [0.15, 0.2) is 67.1 Å². The summed E-state index contributed by atoms with van der Waals surface area (Å²) in [5, 5.41) is 13.0. The zero-order chi connectivity index (χ0) is 16.5. The molecule has 0 aliphatic heterocycles. The van der Waals surface area contributed by atoms with Crippen molar-refractivity contribution in [2.45, 2.75) is 0 Å². The Morgan fingerprint density at radius 3 is 2.83 bits per heavy atom. The fourth-order valence-corrected chi connectivity index (χ4v) is 3.16. The maximum Gasteiger partial charge on any atom is 0.0998 e. The molecule has 24 heavy (non-hydrogen) atoms. The summed E-state index contributed by atoms with van der Waals surface area (Å²) in [6.45, 7) is 0. The normalized spacial score (nSPS) is 11.8. The Labute approximate surface area is 140 Å². The van der Waals surface area contributed by atoms with E-state index in [0.29, 0.717) is 5.57 Å². The van der Waals surface area contributed by atoms with Crippen molar-refractivity contribution >= 4 is 33.3 Å². The molecule has 4 aromatic rings. The van der Waals surface area contributed by atoms with E-state index >= 15 is 0 Å². The molecule has 2 aromatic carbocycles. The summed E-state index contributed by atoms with van der Waals surface area (Å²) in [4.78, 5) is 4.17. The Bertz CT molecular complexity index is 1120. The topological polar surface area (TPSA) is 41.6 Å². The first-order valence-corrected chi connectivity index (χ1v) is 7.77. The molecule has 3 nitrogen and oxygen atoms in total. The molecule has 114 valence electrons. The molecule has 0 radical (unpaired) electrons. The lowest BCUT2D eigenvalue weighted by Gasteiger charge is -2.03. The highest BCUT2D eigenvalue weighted by molar-refractivity contribution is 6.04. The number of nitrogens with zero attached hydrogens (tertiary/aromatic N) is 3. The van der Waals surface area contributed by atoms with Crippen LogP contribution in [0.5, 0.6) is 0 Å². The van der Waals surface area contributed by atoms with Gasteiger partial charge in [-0.05, 0) is 29.2 Å². The number of rotatable bonds is 2. The van der Waals surface area contributed by atoms with Crippen molar-refractivity contribution in [1.82, 2.24) is 9.55 Å². The molecule has 3 heteroatoms. The van der Waals surface area contributed by atoms with E-state index in [2.05, 4.69) is 27.8 Å². The molecule has 0 N–H and O–H groups in total. The lowest BCUT2D eigenvalue weighted by molar-refractivity contribution is 0.967. The van der Waals surface area contributed by atoms with Crippen molar-refractivity contribution in [3.8, 4) is 6.07 Å². The number of hydrogen-bond acceptors (Lipinski definition) is 2. The number of aryl methyl sites for hydroxylation is 1. The first kappa shape index (κ1) is 14.2. The number of hydrogen-bond donors (Lipinski definition) is 0. The third-order valence-electron chi connectivity index (χ3n) is 4.32. The molecule has 4 rings (SSSR count). The van der Waals surface area contributed by atoms with Crippen LogP contribution < -0.4 is 0 Å². The number of fused-ring (bicyclic) bond motifs is 2. The van der Waals surface area contributed by atoms with Crippen molar-refractivity contribution < 1.29 is 0 Å². The van der Waals surface area contributed by atoms with Gasteiger partial charge in [-0.2, -0.15) is 5.26 Å². The number of para-hydroxylation sites is 1. The Hall–Kier alpha value is -3.38. The largest absolute Gasteiger partial charge is 0.350 e. The predicted molar refractivity (Wildman–Crippen MR) is 98.1 cm³/mol. The maximum absolute atomic E-state index is 9.74. The minimum absolute atomic E-state index is 0.663. The van der Waals surface area contributed by atoms with Crippen molar-refractivity contribution in [3.63, 3.8) is 0 Å². The molecule has 0 bridgehead atoms. The minimum atomic E-state index is 0.663. The maximum atomic E-state index is 9.74. The third kappa shape index (κ3) is 2.26. The molecule has 2 aromatic heterocycles. The first-order chi connectivity index (χ1) is 11.8. The van der Waals surface area contributed by atoms with Crippen molar-refractivity contribution in [2.75, 3.05) is 0 Å². The van der Waals surface area contributed by atoms with E-state index in [4.69, 9.17) is 0 Å². The minimum Gasteiger partial charge on any atom is -0.350 e. The summed E-state index contributed by atoms with van der Waals surface area (Å²) >= 11 is 0. The smallest absolute Gasteiger partial charge is 0.0998 e. The molecule has 0 aliphatic rings. The SMILES string of the molecule is Cn1cc(/C(C#N)=C/c2cccc3cnccc23)c2ccccc21. The first-order valence-electron chi connectivity index (χ1n) is 7.77. The second-order valence-corrected chi connectivity index (χ2v) is 5.78. The van der Waals surface area contributed by atoms with Gasteiger partial charge in [-0.25, -0.2) is 0 Å².